The van der Waals surface area contributed by atoms with E-state index in [-0.39, 0.29) is 18.1 Å². The van der Waals surface area contributed by atoms with E-state index >= 15 is 0 Å². The number of rotatable bonds is 4. The van der Waals surface area contributed by atoms with Gasteiger partial charge in [0.25, 0.3) is 5.91 Å². The molecule has 1 aliphatic heterocycles. The van der Waals surface area contributed by atoms with E-state index in [0.717, 1.165) is 30.7 Å². The number of likely N-dealkylation sites (N-methyl/N-ethyl adjacent to an activating group) is 1. The topological polar surface area (TPSA) is 55.6 Å². The lowest BCUT2D eigenvalue weighted by molar-refractivity contribution is -0.132. The predicted molar refractivity (Wildman–Crippen MR) is 70.3 cm³/mol. The molecule has 0 saturated carbocycles. The van der Waals surface area contributed by atoms with E-state index in [2.05, 4.69) is 6.92 Å². The first-order valence-electron chi connectivity index (χ1n) is 6.39. The van der Waals surface area contributed by atoms with Gasteiger partial charge < -0.3 is 15.4 Å². The van der Waals surface area contributed by atoms with Crippen LogP contribution in [0.3, 0.4) is 0 Å². The summed E-state index contributed by atoms with van der Waals surface area (Å²) in [5.74, 6) is 0.792. The zero-order valence-electron chi connectivity index (χ0n) is 10.9. The number of amides is 1. The second-order valence-corrected chi connectivity index (χ2v) is 4.74. The summed E-state index contributed by atoms with van der Waals surface area (Å²) in [6, 6.07) is 7.77. The van der Waals surface area contributed by atoms with Crippen molar-refractivity contribution >= 4 is 5.91 Å². The van der Waals surface area contributed by atoms with Gasteiger partial charge in [-0.1, -0.05) is 19.1 Å². The molecule has 18 heavy (non-hydrogen) atoms. The normalized spacial score (nSPS) is 21.2. The third-order valence-electron chi connectivity index (χ3n) is 3.40. The Morgan fingerprint density at radius 2 is 2.11 bits per heavy atom. The predicted octanol–water partition coefficient (Wildman–Crippen LogP) is 1.71. The summed E-state index contributed by atoms with van der Waals surface area (Å²) in [7, 11) is 1.80. The molecule has 1 aliphatic rings. The third kappa shape index (κ3) is 2.64. The molecule has 4 nitrogen and oxygen atoms in total. The van der Waals surface area contributed by atoms with Crippen molar-refractivity contribution in [3.05, 3.63) is 29.8 Å². The molecule has 1 saturated heterocycles. The van der Waals surface area contributed by atoms with Crippen molar-refractivity contribution in [2.24, 2.45) is 5.73 Å². The first-order valence-corrected chi connectivity index (χ1v) is 6.39. The molecule has 2 unspecified atom stereocenters. The van der Waals surface area contributed by atoms with Gasteiger partial charge in [-0.25, -0.2) is 0 Å². The Balaban J connectivity index is 2.00. The van der Waals surface area contributed by atoms with Crippen LogP contribution in [-0.2, 0) is 4.79 Å². The van der Waals surface area contributed by atoms with Gasteiger partial charge >= 0.3 is 0 Å². The highest BCUT2D eigenvalue weighted by atomic mass is 16.5. The lowest BCUT2D eigenvalue weighted by Crippen LogP contribution is -2.29. The molecule has 1 fully saturated rings. The van der Waals surface area contributed by atoms with E-state index in [1.54, 1.807) is 11.9 Å². The highest BCUT2D eigenvalue weighted by Crippen LogP contribution is 2.21. The molecule has 0 spiro atoms. The zero-order valence-corrected chi connectivity index (χ0v) is 10.9. The van der Waals surface area contributed by atoms with Crippen LogP contribution in [0.1, 0.15) is 31.4 Å². The molecule has 0 aromatic heterocycles. The minimum atomic E-state index is -0.333. The fourth-order valence-corrected chi connectivity index (χ4v) is 2.09. The molecule has 0 radical (unpaired) electrons. The van der Waals surface area contributed by atoms with Crippen molar-refractivity contribution in [3.63, 3.8) is 0 Å². The summed E-state index contributed by atoms with van der Waals surface area (Å²) < 4.78 is 5.69. The van der Waals surface area contributed by atoms with E-state index < -0.39 is 0 Å². The maximum atomic E-state index is 11.7. The van der Waals surface area contributed by atoms with E-state index in [1.165, 1.54) is 0 Å². The van der Waals surface area contributed by atoms with Crippen molar-refractivity contribution in [1.29, 1.82) is 0 Å². The number of ether oxygens (including phenoxy) is 1. The Kier molecular flexibility index (Phi) is 3.87. The van der Waals surface area contributed by atoms with E-state index in [1.807, 2.05) is 24.3 Å². The molecule has 2 atom stereocenters. The maximum absolute atomic E-state index is 11.7. The molecule has 1 heterocycles. The number of nitrogens with zero attached hydrogens (tertiary/aromatic N) is 1. The van der Waals surface area contributed by atoms with Gasteiger partial charge in [0.05, 0.1) is 0 Å². The van der Waals surface area contributed by atoms with Gasteiger partial charge in [-0.2, -0.15) is 0 Å². The van der Waals surface area contributed by atoms with Crippen LogP contribution in [0.2, 0.25) is 0 Å². The minimum Gasteiger partial charge on any atom is -0.481 e. The van der Waals surface area contributed by atoms with Gasteiger partial charge in [-0.05, 0) is 24.1 Å². The Labute approximate surface area is 108 Å². The quantitative estimate of drug-likeness (QED) is 0.882. The highest BCUT2D eigenvalue weighted by Gasteiger charge is 2.30. The second-order valence-electron chi connectivity index (χ2n) is 4.74. The standard InChI is InChI=1S/C14H20N2O2/c1-3-12(15)10-4-6-11(7-5-10)18-13-8-9-16(2)14(13)17/h4-7,12-13H,3,8-9,15H2,1-2H3. The monoisotopic (exact) mass is 248 g/mol. The first kappa shape index (κ1) is 12.9. The number of nitrogens with two attached hydrogens (primary N) is 1. The largest absolute Gasteiger partial charge is 0.481 e. The third-order valence-corrected chi connectivity index (χ3v) is 3.40. The van der Waals surface area contributed by atoms with E-state index in [4.69, 9.17) is 10.5 Å². The van der Waals surface area contributed by atoms with Gasteiger partial charge in [-0.3, -0.25) is 4.79 Å². The van der Waals surface area contributed by atoms with Crippen LogP contribution < -0.4 is 10.5 Å². The number of carbonyl (C=O) groups excluding carboxylic acids is 1. The maximum Gasteiger partial charge on any atom is 0.263 e. The van der Waals surface area contributed by atoms with Crippen LogP contribution >= 0.6 is 0 Å². The Hall–Kier alpha value is -1.55. The fourth-order valence-electron chi connectivity index (χ4n) is 2.09. The molecule has 98 valence electrons. The molecular weight excluding hydrogens is 228 g/mol. The summed E-state index contributed by atoms with van der Waals surface area (Å²) in [6.45, 7) is 2.82. The Morgan fingerprint density at radius 3 is 2.61 bits per heavy atom. The average Bonchev–Trinajstić information content (AvgIpc) is 2.71. The molecule has 2 N–H and O–H groups in total. The summed E-state index contributed by atoms with van der Waals surface area (Å²) in [4.78, 5) is 13.4. The number of hydrogen-bond donors (Lipinski definition) is 1. The van der Waals surface area contributed by atoms with Gasteiger partial charge in [0, 0.05) is 26.1 Å². The SMILES string of the molecule is CCC(N)c1ccc(OC2CCN(C)C2=O)cc1. The summed E-state index contributed by atoms with van der Waals surface area (Å²) >= 11 is 0. The molecule has 1 aromatic rings. The Morgan fingerprint density at radius 1 is 1.44 bits per heavy atom. The van der Waals surface area contributed by atoms with Gasteiger partial charge in [0.2, 0.25) is 0 Å². The van der Waals surface area contributed by atoms with E-state index in [0.29, 0.717) is 0 Å². The molecular formula is C14H20N2O2. The van der Waals surface area contributed by atoms with Crippen molar-refractivity contribution in [2.45, 2.75) is 31.9 Å². The Bertz CT molecular complexity index is 416. The molecule has 1 aromatic carbocycles. The minimum absolute atomic E-state index is 0.0596. The highest BCUT2D eigenvalue weighted by molar-refractivity contribution is 5.83. The van der Waals surface area contributed by atoms with Crippen LogP contribution in [0, 0.1) is 0 Å². The summed E-state index contributed by atoms with van der Waals surface area (Å²) in [6.07, 6.45) is 1.33. The molecule has 0 aliphatic carbocycles. The molecule has 2 rings (SSSR count). The van der Waals surface area contributed by atoms with Gasteiger partial charge in [-0.15, -0.1) is 0 Å². The summed E-state index contributed by atoms with van der Waals surface area (Å²) in [5.41, 5.74) is 7.04. The van der Waals surface area contributed by atoms with Crippen LogP contribution in [-0.4, -0.2) is 30.5 Å². The van der Waals surface area contributed by atoms with Crippen molar-refractivity contribution in [1.82, 2.24) is 4.90 Å². The van der Waals surface area contributed by atoms with Crippen molar-refractivity contribution in [2.75, 3.05) is 13.6 Å². The number of hydrogen-bond acceptors (Lipinski definition) is 3. The zero-order chi connectivity index (χ0) is 13.1. The first-order chi connectivity index (χ1) is 8.61. The smallest absolute Gasteiger partial charge is 0.263 e. The van der Waals surface area contributed by atoms with Crippen LogP contribution in [0.5, 0.6) is 5.75 Å². The number of carbonyl (C=O) groups is 1. The fraction of sp³-hybridized carbons (Fsp3) is 0.500. The molecule has 1 amide bonds. The van der Waals surface area contributed by atoms with Crippen molar-refractivity contribution in [3.8, 4) is 5.75 Å². The molecule has 4 heteroatoms. The lowest BCUT2D eigenvalue weighted by atomic mass is 10.1. The van der Waals surface area contributed by atoms with Crippen LogP contribution in [0.4, 0.5) is 0 Å². The lowest BCUT2D eigenvalue weighted by Gasteiger charge is -2.14. The second kappa shape index (κ2) is 5.40. The number of likely N-dealkylation sites (tertiary alicyclic amines) is 1. The van der Waals surface area contributed by atoms with Crippen LogP contribution in [0.15, 0.2) is 24.3 Å². The molecule has 0 bridgehead atoms. The average molecular weight is 248 g/mol. The van der Waals surface area contributed by atoms with Gasteiger partial charge in [0.1, 0.15) is 5.75 Å². The number of benzene rings is 1. The van der Waals surface area contributed by atoms with Crippen molar-refractivity contribution < 1.29 is 9.53 Å². The van der Waals surface area contributed by atoms with E-state index in [9.17, 15) is 4.79 Å². The van der Waals surface area contributed by atoms with Crippen LogP contribution in [0.25, 0.3) is 0 Å². The van der Waals surface area contributed by atoms with Gasteiger partial charge in [0.15, 0.2) is 6.10 Å². The summed E-state index contributed by atoms with van der Waals surface area (Å²) in [5, 5.41) is 0.